The summed E-state index contributed by atoms with van der Waals surface area (Å²) >= 11 is 0. The van der Waals surface area contributed by atoms with E-state index in [4.69, 9.17) is 9.84 Å². The van der Waals surface area contributed by atoms with Gasteiger partial charge in [0.15, 0.2) is 0 Å². The van der Waals surface area contributed by atoms with Gasteiger partial charge in [-0.05, 0) is 11.5 Å². The molecule has 24 heavy (non-hydrogen) atoms. The fourth-order valence-electron chi connectivity index (χ4n) is 2.84. The average molecular weight is 334 g/mol. The highest BCUT2D eigenvalue weighted by Crippen LogP contribution is 2.13. The fraction of sp³-hybridized carbons (Fsp3) is 0.556. The molecule has 1 saturated heterocycles. The maximum Gasteiger partial charge on any atom is 0.326 e. The Morgan fingerprint density at radius 2 is 2.04 bits per heavy atom. The number of amides is 1. The van der Waals surface area contributed by atoms with Gasteiger partial charge >= 0.3 is 5.97 Å². The van der Waals surface area contributed by atoms with E-state index in [1.54, 1.807) is 13.8 Å². The van der Waals surface area contributed by atoms with Crippen molar-refractivity contribution in [3.63, 3.8) is 0 Å². The van der Waals surface area contributed by atoms with Crippen LogP contribution in [-0.4, -0.2) is 53.7 Å². The van der Waals surface area contributed by atoms with Crippen molar-refractivity contribution in [2.45, 2.75) is 39.0 Å². The van der Waals surface area contributed by atoms with Crippen molar-refractivity contribution in [1.82, 2.24) is 10.2 Å². The second kappa shape index (κ2) is 8.80. The number of rotatable bonds is 7. The molecule has 0 spiro atoms. The highest BCUT2D eigenvalue weighted by molar-refractivity contribution is 5.83. The minimum atomic E-state index is -1.01. The summed E-state index contributed by atoms with van der Waals surface area (Å²) in [6.07, 6.45) is -0.0222. The second-order valence-electron chi connectivity index (χ2n) is 6.55. The number of hydrogen-bond donors (Lipinski definition) is 2. The molecule has 1 aromatic rings. The predicted molar refractivity (Wildman–Crippen MR) is 90.5 cm³/mol. The first kappa shape index (κ1) is 18.4. The van der Waals surface area contributed by atoms with Crippen LogP contribution in [0.1, 0.15) is 25.8 Å². The topological polar surface area (TPSA) is 78.9 Å². The number of carbonyl (C=O) groups is 2. The zero-order valence-electron chi connectivity index (χ0n) is 14.3. The van der Waals surface area contributed by atoms with E-state index in [2.05, 4.69) is 22.3 Å². The monoisotopic (exact) mass is 334 g/mol. The summed E-state index contributed by atoms with van der Waals surface area (Å²) in [5.41, 5.74) is 1.23. The molecule has 132 valence electrons. The standard InChI is InChI=1S/C18H26N2O4/c1-13(2)17(18(22)23)19-16(21)10-15-12-20(8-9-24-15)11-14-6-4-3-5-7-14/h3-7,13,15,17H,8-12H2,1-2H3,(H,19,21)(H,22,23)/t15-,17+/m1/s1. The summed E-state index contributed by atoms with van der Waals surface area (Å²) in [4.78, 5) is 25.6. The Morgan fingerprint density at radius 3 is 2.67 bits per heavy atom. The Kier molecular flexibility index (Phi) is 6.75. The van der Waals surface area contributed by atoms with Crippen molar-refractivity contribution in [2.75, 3.05) is 19.7 Å². The number of nitrogens with one attached hydrogen (secondary N) is 1. The number of aliphatic carboxylic acids is 1. The number of carboxylic acid groups (broad SMARTS) is 1. The van der Waals surface area contributed by atoms with Crippen LogP contribution in [0.2, 0.25) is 0 Å². The van der Waals surface area contributed by atoms with Gasteiger partial charge < -0.3 is 15.2 Å². The highest BCUT2D eigenvalue weighted by Gasteiger charge is 2.27. The summed E-state index contributed by atoms with van der Waals surface area (Å²) in [7, 11) is 0. The van der Waals surface area contributed by atoms with E-state index in [1.165, 1.54) is 5.56 Å². The minimum Gasteiger partial charge on any atom is -0.480 e. The molecule has 1 aliphatic rings. The van der Waals surface area contributed by atoms with Crippen LogP contribution in [0, 0.1) is 5.92 Å². The van der Waals surface area contributed by atoms with Gasteiger partial charge in [-0.2, -0.15) is 0 Å². The molecule has 2 atom stereocenters. The lowest BCUT2D eigenvalue weighted by Gasteiger charge is -2.33. The lowest BCUT2D eigenvalue weighted by molar-refractivity contribution is -0.143. The molecule has 0 aromatic heterocycles. The normalized spacial score (nSPS) is 19.9. The maximum absolute atomic E-state index is 12.1. The smallest absolute Gasteiger partial charge is 0.326 e. The molecule has 2 rings (SSSR count). The van der Waals surface area contributed by atoms with E-state index in [0.29, 0.717) is 13.2 Å². The quantitative estimate of drug-likeness (QED) is 0.790. The van der Waals surface area contributed by atoms with Gasteiger partial charge in [-0.1, -0.05) is 44.2 Å². The lowest BCUT2D eigenvalue weighted by Crippen LogP contribution is -2.48. The van der Waals surface area contributed by atoms with Gasteiger partial charge in [-0.3, -0.25) is 9.69 Å². The zero-order valence-corrected chi connectivity index (χ0v) is 14.3. The molecule has 1 aliphatic heterocycles. The van der Waals surface area contributed by atoms with Gasteiger partial charge in [-0.25, -0.2) is 4.79 Å². The first-order valence-electron chi connectivity index (χ1n) is 8.35. The maximum atomic E-state index is 12.1. The minimum absolute atomic E-state index is 0.159. The van der Waals surface area contributed by atoms with Gasteiger partial charge in [0.1, 0.15) is 6.04 Å². The molecule has 0 bridgehead atoms. The summed E-state index contributed by atoms with van der Waals surface area (Å²) in [6, 6.07) is 9.32. The zero-order chi connectivity index (χ0) is 17.5. The Balaban J connectivity index is 1.83. The molecule has 6 heteroatoms. The van der Waals surface area contributed by atoms with Crippen LogP contribution in [0.15, 0.2) is 30.3 Å². The van der Waals surface area contributed by atoms with Crippen molar-refractivity contribution in [2.24, 2.45) is 5.92 Å². The molecule has 1 heterocycles. The van der Waals surface area contributed by atoms with Crippen molar-refractivity contribution < 1.29 is 19.4 Å². The predicted octanol–water partition coefficient (Wildman–Crippen LogP) is 1.50. The molecule has 1 amide bonds. The number of nitrogens with zero attached hydrogens (tertiary/aromatic N) is 1. The molecule has 0 unspecified atom stereocenters. The van der Waals surface area contributed by atoms with Crippen LogP contribution in [0.5, 0.6) is 0 Å². The summed E-state index contributed by atoms with van der Waals surface area (Å²) in [5.74, 6) is -1.44. The van der Waals surface area contributed by atoms with Crippen molar-refractivity contribution >= 4 is 11.9 Å². The van der Waals surface area contributed by atoms with E-state index in [-0.39, 0.29) is 24.3 Å². The molecular formula is C18H26N2O4. The third-order valence-corrected chi connectivity index (χ3v) is 4.13. The molecule has 0 saturated carbocycles. The molecule has 0 aliphatic carbocycles. The van der Waals surface area contributed by atoms with Crippen LogP contribution >= 0.6 is 0 Å². The third kappa shape index (κ3) is 5.62. The van der Waals surface area contributed by atoms with Crippen LogP contribution in [-0.2, 0) is 20.9 Å². The number of hydrogen-bond acceptors (Lipinski definition) is 4. The largest absolute Gasteiger partial charge is 0.480 e. The van der Waals surface area contributed by atoms with E-state index < -0.39 is 12.0 Å². The molecular weight excluding hydrogens is 308 g/mol. The van der Waals surface area contributed by atoms with Crippen molar-refractivity contribution in [1.29, 1.82) is 0 Å². The van der Waals surface area contributed by atoms with Gasteiger partial charge in [0.05, 0.1) is 19.1 Å². The van der Waals surface area contributed by atoms with E-state index in [1.807, 2.05) is 18.2 Å². The molecule has 2 N–H and O–H groups in total. The van der Waals surface area contributed by atoms with Gasteiger partial charge in [0.2, 0.25) is 5.91 Å². The Bertz CT molecular complexity index is 547. The Morgan fingerprint density at radius 1 is 1.33 bits per heavy atom. The Labute approximate surface area is 142 Å². The second-order valence-corrected chi connectivity index (χ2v) is 6.55. The molecule has 0 radical (unpaired) electrons. The SMILES string of the molecule is CC(C)[C@H](NC(=O)C[C@@H]1CN(Cc2ccccc2)CCO1)C(=O)O. The molecule has 6 nitrogen and oxygen atoms in total. The van der Waals surface area contributed by atoms with Crippen LogP contribution < -0.4 is 5.32 Å². The van der Waals surface area contributed by atoms with E-state index in [9.17, 15) is 9.59 Å². The summed E-state index contributed by atoms with van der Waals surface area (Å²) in [5, 5.41) is 11.7. The Hall–Kier alpha value is -1.92. The number of ether oxygens (including phenoxy) is 1. The van der Waals surface area contributed by atoms with Crippen molar-refractivity contribution in [3.05, 3.63) is 35.9 Å². The fourth-order valence-corrected chi connectivity index (χ4v) is 2.84. The summed E-state index contributed by atoms with van der Waals surface area (Å²) < 4.78 is 5.67. The van der Waals surface area contributed by atoms with Crippen molar-refractivity contribution in [3.8, 4) is 0 Å². The van der Waals surface area contributed by atoms with Gasteiger partial charge in [0, 0.05) is 19.6 Å². The molecule has 1 aromatic carbocycles. The first-order valence-corrected chi connectivity index (χ1v) is 8.35. The van der Waals surface area contributed by atoms with Crippen LogP contribution in [0.3, 0.4) is 0 Å². The number of morpholine rings is 1. The van der Waals surface area contributed by atoms with E-state index >= 15 is 0 Å². The van der Waals surface area contributed by atoms with E-state index in [0.717, 1.165) is 13.1 Å². The summed E-state index contributed by atoms with van der Waals surface area (Å²) in [6.45, 7) is 6.46. The third-order valence-electron chi connectivity index (χ3n) is 4.13. The van der Waals surface area contributed by atoms with Crippen LogP contribution in [0.25, 0.3) is 0 Å². The number of benzene rings is 1. The molecule has 1 fully saturated rings. The highest BCUT2D eigenvalue weighted by atomic mass is 16.5. The van der Waals surface area contributed by atoms with Crippen LogP contribution in [0.4, 0.5) is 0 Å². The van der Waals surface area contributed by atoms with Gasteiger partial charge in [-0.15, -0.1) is 0 Å². The van der Waals surface area contributed by atoms with Gasteiger partial charge in [0.25, 0.3) is 0 Å². The lowest BCUT2D eigenvalue weighted by atomic mass is 10.0. The number of carboxylic acids is 1. The number of carbonyl (C=O) groups excluding carboxylic acids is 1. The average Bonchev–Trinajstić information content (AvgIpc) is 2.53. The first-order chi connectivity index (χ1) is 11.5.